The molecule has 0 bridgehead atoms. The summed E-state index contributed by atoms with van der Waals surface area (Å²) in [7, 11) is 0. The average Bonchev–Trinajstić information content (AvgIpc) is 2.46. The summed E-state index contributed by atoms with van der Waals surface area (Å²) >= 11 is 5.74. The molecule has 0 aromatic heterocycles. The minimum Gasteiger partial charge on any atom is -0.457 e. The van der Waals surface area contributed by atoms with Crippen molar-refractivity contribution in [1.82, 2.24) is 0 Å². The Morgan fingerprint density at radius 1 is 1.26 bits per heavy atom. The van der Waals surface area contributed by atoms with Crippen molar-refractivity contribution < 1.29 is 14.3 Å². The second-order valence-corrected chi connectivity index (χ2v) is 4.94. The predicted octanol–water partition coefficient (Wildman–Crippen LogP) is 3.42. The molecule has 0 spiro atoms. The number of carbonyl (C=O) groups excluding carboxylic acids is 2. The van der Waals surface area contributed by atoms with Crippen molar-refractivity contribution in [2.75, 3.05) is 6.61 Å². The van der Waals surface area contributed by atoms with Crippen LogP contribution in [-0.4, -0.2) is 18.4 Å². The molecule has 0 N–H and O–H groups in total. The molecule has 0 heterocycles. The molecular weight excluding hydrogens is 264 g/mol. The number of hydrogen-bond acceptors (Lipinski definition) is 3. The van der Waals surface area contributed by atoms with Crippen LogP contribution >= 0.6 is 11.6 Å². The largest absolute Gasteiger partial charge is 0.457 e. The summed E-state index contributed by atoms with van der Waals surface area (Å²) in [5.74, 6) is -0.741. The van der Waals surface area contributed by atoms with E-state index in [2.05, 4.69) is 0 Å². The van der Waals surface area contributed by atoms with Crippen molar-refractivity contribution in [3.8, 4) is 0 Å². The van der Waals surface area contributed by atoms with E-state index in [1.54, 1.807) is 24.3 Å². The number of carbonyl (C=O) groups is 2. The fourth-order valence-corrected chi connectivity index (χ4v) is 2.10. The quantitative estimate of drug-likeness (QED) is 0.481. The van der Waals surface area contributed by atoms with E-state index < -0.39 is 0 Å². The predicted molar refractivity (Wildman–Crippen MR) is 73.2 cm³/mol. The molecule has 4 heteroatoms. The lowest BCUT2D eigenvalue weighted by Crippen LogP contribution is -2.21. The van der Waals surface area contributed by atoms with E-state index in [9.17, 15) is 9.59 Å². The fourth-order valence-electron chi connectivity index (χ4n) is 1.97. The molecule has 1 aliphatic rings. The van der Waals surface area contributed by atoms with Gasteiger partial charge in [0.05, 0.1) is 5.92 Å². The van der Waals surface area contributed by atoms with Crippen molar-refractivity contribution in [3.05, 3.63) is 47.0 Å². The van der Waals surface area contributed by atoms with Crippen LogP contribution in [0.4, 0.5) is 0 Å². The van der Waals surface area contributed by atoms with Gasteiger partial charge in [0.25, 0.3) is 0 Å². The third kappa shape index (κ3) is 3.93. The van der Waals surface area contributed by atoms with Gasteiger partial charge in [-0.25, -0.2) is 0 Å². The first-order chi connectivity index (χ1) is 9.16. The Kier molecular flexibility index (Phi) is 4.74. The minimum atomic E-state index is -0.321. The average molecular weight is 279 g/mol. The standard InChI is InChI=1S/C15H15ClO3/c16-13-8-6-11(7-9-13)14(17)10-19-15(18)12-4-2-1-3-5-12/h2,4,6-9,12H,1,3,5,10H2/t12-/m1/s1. The normalized spacial score (nSPS) is 18.1. The molecule has 3 nitrogen and oxygen atoms in total. The van der Waals surface area contributed by atoms with Gasteiger partial charge in [-0.05, 0) is 43.5 Å². The molecule has 0 unspecified atom stereocenters. The highest BCUT2D eigenvalue weighted by molar-refractivity contribution is 6.30. The van der Waals surface area contributed by atoms with E-state index in [1.165, 1.54) is 0 Å². The van der Waals surface area contributed by atoms with Gasteiger partial charge in [0.1, 0.15) is 0 Å². The molecule has 0 saturated heterocycles. The first-order valence-electron chi connectivity index (χ1n) is 6.29. The number of benzene rings is 1. The van der Waals surface area contributed by atoms with Crippen LogP contribution in [0.3, 0.4) is 0 Å². The minimum absolute atomic E-state index is 0.202. The highest BCUT2D eigenvalue weighted by Gasteiger charge is 2.19. The zero-order valence-electron chi connectivity index (χ0n) is 10.5. The lowest BCUT2D eigenvalue weighted by Gasteiger charge is -2.14. The van der Waals surface area contributed by atoms with Crippen molar-refractivity contribution in [1.29, 1.82) is 0 Å². The van der Waals surface area contributed by atoms with Crippen LogP contribution in [0.2, 0.25) is 5.02 Å². The highest BCUT2D eigenvalue weighted by atomic mass is 35.5. The second-order valence-electron chi connectivity index (χ2n) is 4.50. The topological polar surface area (TPSA) is 43.4 Å². The molecule has 1 aromatic carbocycles. The zero-order chi connectivity index (χ0) is 13.7. The third-order valence-corrected chi connectivity index (χ3v) is 3.32. The molecule has 0 fully saturated rings. The van der Waals surface area contributed by atoms with Crippen LogP contribution in [-0.2, 0) is 9.53 Å². The van der Waals surface area contributed by atoms with Gasteiger partial charge in [0, 0.05) is 10.6 Å². The molecule has 0 aliphatic heterocycles. The number of esters is 1. The van der Waals surface area contributed by atoms with Gasteiger partial charge < -0.3 is 4.74 Å². The summed E-state index contributed by atoms with van der Waals surface area (Å²) in [5.41, 5.74) is 0.497. The Hall–Kier alpha value is -1.61. The zero-order valence-corrected chi connectivity index (χ0v) is 11.2. The summed E-state index contributed by atoms with van der Waals surface area (Å²) in [6, 6.07) is 6.53. The van der Waals surface area contributed by atoms with Crippen molar-refractivity contribution in [2.24, 2.45) is 5.92 Å². The molecule has 1 atom stereocenters. The molecule has 0 saturated carbocycles. The van der Waals surface area contributed by atoms with E-state index in [4.69, 9.17) is 16.3 Å². The van der Waals surface area contributed by atoms with Gasteiger partial charge in [0.2, 0.25) is 0 Å². The Balaban J connectivity index is 1.86. The molecule has 1 aromatic rings. The van der Waals surface area contributed by atoms with Gasteiger partial charge >= 0.3 is 5.97 Å². The van der Waals surface area contributed by atoms with Gasteiger partial charge in [-0.1, -0.05) is 23.8 Å². The van der Waals surface area contributed by atoms with E-state index >= 15 is 0 Å². The van der Waals surface area contributed by atoms with Crippen LogP contribution in [0, 0.1) is 5.92 Å². The molecule has 100 valence electrons. The summed E-state index contributed by atoms with van der Waals surface area (Å²) in [6.45, 7) is -0.217. The molecule has 0 amide bonds. The summed E-state index contributed by atoms with van der Waals surface area (Å²) in [5, 5.41) is 0.570. The Morgan fingerprint density at radius 2 is 2.00 bits per heavy atom. The van der Waals surface area contributed by atoms with Gasteiger partial charge in [-0.3, -0.25) is 9.59 Å². The van der Waals surface area contributed by atoms with Crippen LogP contribution in [0.25, 0.3) is 0 Å². The highest BCUT2D eigenvalue weighted by Crippen LogP contribution is 2.18. The van der Waals surface area contributed by atoms with E-state index in [-0.39, 0.29) is 24.3 Å². The Labute approximate surface area is 117 Å². The number of ether oxygens (including phenoxy) is 1. The molecule has 1 aliphatic carbocycles. The van der Waals surface area contributed by atoms with Crippen molar-refractivity contribution >= 4 is 23.4 Å². The van der Waals surface area contributed by atoms with Crippen LogP contribution in [0.5, 0.6) is 0 Å². The Morgan fingerprint density at radius 3 is 2.63 bits per heavy atom. The number of Topliss-reactive ketones (excluding diaryl/α,β-unsaturated/α-hetero) is 1. The monoisotopic (exact) mass is 278 g/mol. The van der Waals surface area contributed by atoms with Crippen LogP contribution < -0.4 is 0 Å². The number of rotatable bonds is 4. The fraction of sp³-hybridized carbons (Fsp3) is 0.333. The second kappa shape index (κ2) is 6.53. The summed E-state index contributed by atoms with van der Waals surface area (Å²) in [4.78, 5) is 23.5. The number of allylic oxidation sites excluding steroid dienone is 1. The van der Waals surface area contributed by atoms with Gasteiger partial charge in [0.15, 0.2) is 12.4 Å². The van der Waals surface area contributed by atoms with Crippen molar-refractivity contribution in [3.63, 3.8) is 0 Å². The smallest absolute Gasteiger partial charge is 0.313 e. The third-order valence-electron chi connectivity index (χ3n) is 3.07. The maximum atomic E-state index is 11.8. The lowest BCUT2D eigenvalue weighted by molar-refractivity contribution is -0.146. The maximum Gasteiger partial charge on any atom is 0.313 e. The van der Waals surface area contributed by atoms with E-state index in [0.29, 0.717) is 10.6 Å². The first kappa shape index (κ1) is 13.8. The first-order valence-corrected chi connectivity index (χ1v) is 6.66. The molecule has 2 rings (SSSR count). The SMILES string of the molecule is O=C(COC(=O)[C@@H]1C=CCCC1)c1ccc(Cl)cc1. The van der Waals surface area contributed by atoms with E-state index in [0.717, 1.165) is 19.3 Å². The van der Waals surface area contributed by atoms with Gasteiger partial charge in [-0.2, -0.15) is 0 Å². The summed E-state index contributed by atoms with van der Waals surface area (Å²) < 4.78 is 5.06. The van der Waals surface area contributed by atoms with Crippen molar-refractivity contribution in [2.45, 2.75) is 19.3 Å². The molecule has 0 radical (unpaired) electrons. The molecular formula is C15H15ClO3. The van der Waals surface area contributed by atoms with E-state index in [1.807, 2.05) is 12.2 Å². The number of hydrogen-bond donors (Lipinski definition) is 0. The van der Waals surface area contributed by atoms with Gasteiger partial charge in [-0.15, -0.1) is 0 Å². The maximum absolute atomic E-state index is 11.8. The molecule has 19 heavy (non-hydrogen) atoms. The van der Waals surface area contributed by atoms with Crippen LogP contribution in [0.1, 0.15) is 29.6 Å². The Bertz CT molecular complexity index is 491. The number of halogens is 1. The number of ketones is 1. The van der Waals surface area contributed by atoms with Crippen LogP contribution in [0.15, 0.2) is 36.4 Å². The summed E-state index contributed by atoms with van der Waals surface area (Å²) in [6.07, 6.45) is 6.63. The lowest BCUT2D eigenvalue weighted by atomic mass is 9.96.